The summed E-state index contributed by atoms with van der Waals surface area (Å²) in [6, 6.07) is 0. The maximum atomic E-state index is 11.7. The second kappa shape index (κ2) is 9.23. The van der Waals surface area contributed by atoms with Crippen LogP contribution in [0.15, 0.2) is 0 Å². The first-order valence-electron chi connectivity index (χ1n) is 7.60. The zero-order valence-electron chi connectivity index (χ0n) is 14.3. The van der Waals surface area contributed by atoms with Gasteiger partial charge in [0.05, 0.1) is 13.2 Å². The standard InChI is InChI=1S/C13H22O13.Na/c14-1-4-6(17)8(19)10(21)13(25-4,11(22)23)26-12(3-16)9(20)7(18)5(2-15)24-12;/h4-10,14-21H,1-3H2,(H,22,23);/q;+1/p-1/t4-,5-,6-,7-,8+,9+,10-,12?,13-;/m1./s1. The Bertz CT molecular complexity index is 520. The molecule has 2 aliphatic heterocycles. The Balaban J connectivity index is 0.00000364. The van der Waals surface area contributed by atoms with Crippen LogP contribution in [-0.4, -0.2) is 121 Å². The fourth-order valence-corrected chi connectivity index (χ4v) is 2.94. The Morgan fingerprint density at radius 2 is 1.41 bits per heavy atom. The molecule has 0 aromatic rings. The normalized spacial score (nSPS) is 47.5. The third-order valence-electron chi connectivity index (χ3n) is 4.47. The average Bonchev–Trinajstić information content (AvgIpc) is 2.87. The van der Waals surface area contributed by atoms with Gasteiger partial charge in [-0.15, -0.1) is 0 Å². The van der Waals surface area contributed by atoms with Crippen LogP contribution in [0.1, 0.15) is 0 Å². The van der Waals surface area contributed by atoms with E-state index in [0.717, 1.165) is 0 Å². The van der Waals surface area contributed by atoms with Gasteiger partial charge in [-0.3, -0.25) is 0 Å². The molecule has 13 nitrogen and oxygen atoms in total. The number of aliphatic hydroxyl groups is 8. The van der Waals surface area contributed by atoms with Crippen LogP contribution in [0.4, 0.5) is 0 Å². The Morgan fingerprint density at radius 1 is 0.889 bits per heavy atom. The van der Waals surface area contributed by atoms with Crippen molar-refractivity contribution in [2.45, 2.75) is 54.3 Å². The minimum Gasteiger partial charge on any atom is -0.544 e. The molecule has 2 rings (SSSR count). The molecule has 0 aliphatic carbocycles. The van der Waals surface area contributed by atoms with E-state index in [9.17, 15) is 45.6 Å². The molecule has 2 saturated heterocycles. The SMILES string of the molecule is O=C([O-])[C@@]1(OC2(CO)O[C@H](CO)[C@@H](O)[C@@H]2O)O[C@H](CO)[C@@H](O)[C@H](O)[C@H]1O.[Na+]. The Kier molecular flexibility index (Phi) is 8.57. The number of aliphatic hydroxyl groups excluding tert-OH is 8. The number of hydrogen-bond donors (Lipinski definition) is 8. The third-order valence-corrected chi connectivity index (χ3v) is 4.47. The summed E-state index contributed by atoms with van der Waals surface area (Å²) in [6.45, 7) is -3.11. The van der Waals surface area contributed by atoms with Crippen molar-refractivity contribution >= 4 is 5.97 Å². The van der Waals surface area contributed by atoms with Crippen LogP contribution in [0, 0.1) is 0 Å². The number of ether oxygens (including phenoxy) is 3. The summed E-state index contributed by atoms with van der Waals surface area (Å²) in [5.74, 6) is -8.30. The number of carboxylic acid groups (broad SMARTS) is 1. The molecule has 0 aromatic carbocycles. The molecule has 0 bridgehead atoms. The van der Waals surface area contributed by atoms with Crippen molar-refractivity contribution < 1.29 is 94.5 Å². The topological polar surface area (TPSA) is 230 Å². The number of carbonyl (C=O) groups is 1. The van der Waals surface area contributed by atoms with E-state index in [2.05, 4.69) is 0 Å². The maximum absolute atomic E-state index is 11.7. The van der Waals surface area contributed by atoms with Crippen molar-refractivity contribution in [1.82, 2.24) is 0 Å². The van der Waals surface area contributed by atoms with Gasteiger partial charge in [-0.1, -0.05) is 0 Å². The quantitative estimate of drug-likeness (QED) is 0.191. The molecule has 0 spiro atoms. The van der Waals surface area contributed by atoms with E-state index in [0.29, 0.717) is 0 Å². The van der Waals surface area contributed by atoms with Gasteiger partial charge in [0.25, 0.3) is 0 Å². The molecule has 152 valence electrons. The summed E-state index contributed by atoms with van der Waals surface area (Å²) in [4.78, 5) is 11.7. The molecule has 0 amide bonds. The number of carbonyl (C=O) groups excluding carboxylic acids is 1. The summed E-state index contributed by atoms with van der Waals surface area (Å²) in [5, 5.41) is 89.1. The van der Waals surface area contributed by atoms with E-state index in [1.807, 2.05) is 0 Å². The molecule has 0 radical (unpaired) electrons. The molecule has 2 heterocycles. The van der Waals surface area contributed by atoms with Crippen LogP contribution in [0.3, 0.4) is 0 Å². The van der Waals surface area contributed by atoms with Gasteiger partial charge in [0.15, 0.2) is 0 Å². The summed E-state index contributed by atoms with van der Waals surface area (Å²) in [7, 11) is 0. The predicted molar refractivity (Wildman–Crippen MR) is 72.6 cm³/mol. The minimum atomic E-state index is -3.31. The Labute approximate surface area is 174 Å². The van der Waals surface area contributed by atoms with Crippen LogP contribution >= 0.6 is 0 Å². The van der Waals surface area contributed by atoms with Crippen molar-refractivity contribution in [3.05, 3.63) is 0 Å². The van der Waals surface area contributed by atoms with E-state index >= 15 is 0 Å². The molecule has 8 N–H and O–H groups in total. The van der Waals surface area contributed by atoms with Crippen molar-refractivity contribution in [2.24, 2.45) is 0 Å². The van der Waals surface area contributed by atoms with E-state index in [4.69, 9.17) is 19.3 Å². The van der Waals surface area contributed by atoms with Crippen molar-refractivity contribution in [3.8, 4) is 0 Å². The van der Waals surface area contributed by atoms with Crippen LogP contribution in [0.5, 0.6) is 0 Å². The van der Waals surface area contributed by atoms with Gasteiger partial charge in [0.1, 0.15) is 55.3 Å². The number of carboxylic acids is 1. The van der Waals surface area contributed by atoms with Crippen LogP contribution in [0.2, 0.25) is 0 Å². The first-order valence-corrected chi connectivity index (χ1v) is 7.60. The van der Waals surface area contributed by atoms with Crippen LogP contribution < -0.4 is 34.7 Å². The minimum absolute atomic E-state index is 0. The molecule has 14 heteroatoms. The third kappa shape index (κ3) is 4.04. The van der Waals surface area contributed by atoms with E-state index in [1.165, 1.54) is 0 Å². The molecule has 2 fully saturated rings. The fourth-order valence-electron chi connectivity index (χ4n) is 2.94. The second-order valence-corrected chi connectivity index (χ2v) is 6.07. The molecule has 27 heavy (non-hydrogen) atoms. The smallest absolute Gasteiger partial charge is 0.544 e. The Morgan fingerprint density at radius 3 is 1.81 bits per heavy atom. The van der Waals surface area contributed by atoms with Crippen LogP contribution in [0.25, 0.3) is 0 Å². The van der Waals surface area contributed by atoms with Gasteiger partial charge in [-0.25, -0.2) is 0 Å². The predicted octanol–water partition coefficient (Wildman–Crippen LogP) is -10.3. The van der Waals surface area contributed by atoms with E-state index in [1.54, 1.807) is 0 Å². The van der Waals surface area contributed by atoms with Gasteiger partial charge in [0.2, 0.25) is 11.6 Å². The van der Waals surface area contributed by atoms with Gasteiger partial charge >= 0.3 is 29.6 Å². The molecular weight excluding hydrogens is 387 g/mol. The monoisotopic (exact) mass is 408 g/mol. The zero-order valence-corrected chi connectivity index (χ0v) is 16.3. The summed E-state index contributed by atoms with van der Waals surface area (Å²) >= 11 is 0. The summed E-state index contributed by atoms with van der Waals surface area (Å²) in [5.41, 5.74) is 0. The largest absolute Gasteiger partial charge is 1.00 e. The number of hydrogen-bond acceptors (Lipinski definition) is 13. The molecule has 0 saturated carbocycles. The van der Waals surface area contributed by atoms with Gasteiger partial charge < -0.3 is 65.0 Å². The fraction of sp³-hybridized carbons (Fsp3) is 0.923. The van der Waals surface area contributed by atoms with Gasteiger partial charge in [0, 0.05) is 0 Å². The summed E-state index contributed by atoms with van der Waals surface area (Å²) in [6.07, 6.45) is -13.7. The first-order chi connectivity index (χ1) is 12.1. The Hall–Kier alpha value is 0.0300. The molecule has 9 atom stereocenters. The van der Waals surface area contributed by atoms with E-state index < -0.39 is 80.1 Å². The van der Waals surface area contributed by atoms with E-state index in [-0.39, 0.29) is 29.6 Å². The van der Waals surface area contributed by atoms with Gasteiger partial charge in [-0.05, 0) is 0 Å². The molecule has 1 unspecified atom stereocenters. The molecule has 0 aromatic heterocycles. The molecular formula is C13H21NaO13. The number of aliphatic carboxylic acids is 1. The van der Waals surface area contributed by atoms with Gasteiger partial charge in [-0.2, -0.15) is 0 Å². The van der Waals surface area contributed by atoms with Crippen molar-refractivity contribution in [2.75, 3.05) is 19.8 Å². The second-order valence-electron chi connectivity index (χ2n) is 6.07. The molecule has 2 aliphatic rings. The maximum Gasteiger partial charge on any atom is 1.00 e. The van der Waals surface area contributed by atoms with Crippen molar-refractivity contribution in [3.63, 3.8) is 0 Å². The first kappa shape index (κ1) is 25.1. The summed E-state index contributed by atoms with van der Waals surface area (Å²) < 4.78 is 14.9. The van der Waals surface area contributed by atoms with Crippen molar-refractivity contribution in [1.29, 1.82) is 0 Å². The van der Waals surface area contributed by atoms with Crippen LogP contribution in [-0.2, 0) is 19.0 Å². The average molecular weight is 408 g/mol. The number of rotatable bonds is 6. The zero-order chi connectivity index (χ0) is 19.9.